The fourth-order valence-electron chi connectivity index (χ4n) is 2.38. The highest BCUT2D eigenvalue weighted by Crippen LogP contribution is 2.09. The lowest BCUT2D eigenvalue weighted by atomic mass is 10.2. The molecule has 0 bridgehead atoms. The van der Waals surface area contributed by atoms with E-state index >= 15 is 0 Å². The predicted octanol–water partition coefficient (Wildman–Crippen LogP) is 1.42. The SMILES string of the molecule is Cc1nc2ccccc2n(CC(=O)NCc2cccnc2)c1=O. The highest BCUT2D eigenvalue weighted by atomic mass is 16.2. The maximum atomic E-state index is 12.3. The van der Waals surface area contributed by atoms with Crippen LogP contribution < -0.4 is 10.9 Å². The molecular formula is C17H16N4O2. The average Bonchev–Trinajstić information content (AvgIpc) is 2.58. The van der Waals surface area contributed by atoms with Gasteiger partial charge in [0.25, 0.3) is 5.56 Å². The molecule has 0 spiro atoms. The molecule has 0 atom stereocenters. The van der Waals surface area contributed by atoms with Gasteiger partial charge in [0, 0.05) is 18.9 Å². The zero-order valence-corrected chi connectivity index (χ0v) is 12.7. The Morgan fingerprint density at radius 3 is 2.83 bits per heavy atom. The van der Waals surface area contributed by atoms with Crippen LogP contribution >= 0.6 is 0 Å². The smallest absolute Gasteiger partial charge is 0.272 e. The molecule has 0 aliphatic rings. The number of rotatable bonds is 4. The summed E-state index contributed by atoms with van der Waals surface area (Å²) in [5, 5.41) is 2.80. The van der Waals surface area contributed by atoms with Crippen molar-refractivity contribution in [1.29, 1.82) is 0 Å². The molecule has 1 N–H and O–H groups in total. The van der Waals surface area contributed by atoms with Crippen molar-refractivity contribution in [2.75, 3.05) is 0 Å². The number of hydrogen-bond donors (Lipinski definition) is 1. The number of para-hydroxylation sites is 2. The number of hydrogen-bond acceptors (Lipinski definition) is 4. The number of carbonyl (C=O) groups excluding carboxylic acids is 1. The number of fused-ring (bicyclic) bond motifs is 1. The number of aryl methyl sites for hydroxylation is 1. The van der Waals surface area contributed by atoms with Gasteiger partial charge in [-0.3, -0.25) is 19.1 Å². The zero-order chi connectivity index (χ0) is 16.2. The summed E-state index contributed by atoms with van der Waals surface area (Å²) in [6.45, 7) is 1.99. The van der Waals surface area contributed by atoms with Crippen molar-refractivity contribution in [3.63, 3.8) is 0 Å². The second-order valence-corrected chi connectivity index (χ2v) is 5.22. The van der Waals surface area contributed by atoms with Gasteiger partial charge in [-0.2, -0.15) is 0 Å². The van der Waals surface area contributed by atoms with Crippen molar-refractivity contribution in [3.05, 3.63) is 70.4 Å². The first-order valence-corrected chi connectivity index (χ1v) is 7.27. The van der Waals surface area contributed by atoms with E-state index in [4.69, 9.17) is 0 Å². The minimum absolute atomic E-state index is 0.0387. The fourth-order valence-corrected chi connectivity index (χ4v) is 2.38. The van der Waals surface area contributed by atoms with E-state index in [0.717, 1.165) is 5.56 Å². The minimum atomic E-state index is -0.250. The molecule has 3 rings (SSSR count). The van der Waals surface area contributed by atoms with E-state index in [9.17, 15) is 9.59 Å². The van der Waals surface area contributed by atoms with Crippen LogP contribution in [0.1, 0.15) is 11.3 Å². The molecule has 1 amide bonds. The third-order valence-corrected chi connectivity index (χ3v) is 3.53. The molecule has 2 heterocycles. The third kappa shape index (κ3) is 3.26. The molecule has 0 unspecified atom stereocenters. The summed E-state index contributed by atoms with van der Waals surface area (Å²) in [4.78, 5) is 32.7. The molecule has 0 radical (unpaired) electrons. The van der Waals surface area contributed by atoms with E-state index < -0.39 is 0 Å². The second kappa shape index (κ2) is 6.39. The summed E-state index contributed by atoms with van der Waals surface area (Å²) in [5.74, 6) is -0.230. The van der Waals surface area contributed by atoms with Crippen LogP contribution in [0.4, 0.5) is 0 Å². The molecule has 0 saturated heterocycles. The second-order valence-electron chi connectivity index (χ2n) is 5.22. The molecular weight excluding hydrogens is 292 g/mol. The minimum Gasteiger partial charge on any atom is -0.350 e. The van der Waals surface area contributed by atoms with Gasteiger partial charge in [-0.15, -0.1) is 0 Å². The Kier molecular flexibility index (Phi) is 4.14. The molecule has 2 aromatic heterocycles. The van der Waals surface area contributed by atoms with Crippen molar-refractivity contribution in [2.24, 2.45) is 0 Å². The summed E-state index contributed by atoms with van der Waals surface area (Å²) in [6, 6.07) is 11.0. The van der Waals surface area contributed by atoms with E-state index in [-0.39, 0.29) is 18.0 Å². The standard InChI is InChI=1S/C17H16N4O2/c1-12-17(23)21(15-7-3-2-6-14(15)20-12)11-16(22)19-10-13-5-4-8-18-9-13/h2-9H,10-11H2,1H3,(H,19,22). The molecule has 0 saturated carbocycles. The first-order chi connectivity index (χ1) is 11.1. The number of amides is 1. The fraction of sp³-hybridized carbons (Fsp3) is 0.176. The van der Waals surface area contributed by atoms with Crippen molar-refractivity contribution in [1.82, 2.24) is 19.9 Å². The summed E-state index contributed by atoms with van der Waals surface area (Å²) in [6.07, 6.45) is 3.37. The lowest BCUT2D eigenvalue weighted by Gasteiger charge is -2.11. The third-order valence-electron chi connectivity index (χ3n) is 3.53. The van der Waals surface area contributed by atoms with Gasteiger partial charge < -0.3 is 5.32 Å². The number of pyridine rings is 1. The topological polar surface area (TPSA) is 76.9 Å². The number of aromatic nitrogens is 3. The van der Waals surface area contributed by atoms with Gasteiger partial charge in [0.15, 0.2) is 0 Å². The zero-order valence-electron chi connectivity index (χ0n) is 12.7. The number of carbonyl (C=O) groups is 1. The maximum Gasteiger partial charge on any atom is 0.272 e. The van der Waals surface area contributed by atoms with Crippen molar-refractivity contribution in [2.45, 2.75) is 20.0 Å². The van der Waals surface area contributed by atoms with Gasteiger partial charge in [0.2, 0.25) is 5.91 Å². The van der Waals surface area contributed by atoms with Crippen LogP contribution in [0.5, 0.6) is 0 Å². The van der Waals surface area contributed by atoms with Crippen LogP contribution in [0.3, 0.4) is 0 Å². The predicted molar refractivity (Wildman–Crippen MR) is 86.8 cm³/mol. The Morgan fingerprint density at radius 1 is 1.22 bits per heavy atom. The summed E-state index contributed by atoms with van der Waals surface area (Å²) < 4.78 is 1.45. The highest BCUT2D eigenvalue weighted by Gasteiger charge is 2.11. The molecule has 6 heteroatoms. The average molecular weight is 308 g/mol. The van der Waals surface area contributed by atoms with Crippen LogP contribution in [0.25, 0.3) is 11.0 Å². The van der Waals surface area contributed by atoms with E-state index in [0.29, 0.717) is 23.3 Å². The summed E-state index contributed by atoms with van der Waals surface area (Å²) >= 11 is 0. The first-order valence-electron chi connectivity index (χ1n) is 7.27. The van der Waals surface area contributed by atoms with Gasteiger partial charge in [-0.25, -0.2) is 4.98 Å². The lowest BCUT2D eigenvalue weighted by Crippen LogP contribution is -2.33. The van der Waals surface area contributed by atoms with E-state index in [1.165, 1.54) is 4.57 Å². The van der Waals surface area contributed by atoms with E-state index in [1.807, 2.05) is 30.3 Å². The molecule has 1 aromatic carbocycles. The van der Waals surface area contributed by atoms with Gasteiger partial charge in [0.05, 0.1) is 11.0 Å². The van der Waals surface area contributed by atoms with Crippen LogP contribution in [0.2, 0.25) is 0 Å². The Hall–Kier alpha value is -3.02. The molecule has 6 nitrogen and oxygen atoms in total. The molecule has 0 aliphatic carbocycles. The molecule has 23 heavy (non-hydrogen) atoms. The van der Waals surface area contributed by atoms with Crippen molar-refractivity contribution >= 4 is 16.9 Å². The lowest BCUT2D eigenvalue weighted by molar-refractivity contribution is -0.121. The van der Waals surface area contributed by atoms with Gasteiger partial charge in [-0.05, 0) is 30.7 Å². The molecule has 3 aromatic rings. The monoisotopic (exact) mass is 308 g/mol. The maximum absolute atomic E-state index is 12.3. The van der Waals surface area contributed by atoms with Crippen LogP contribution in [-0.4, -0.2) is 20.4 Å². The van der Waals surface area contributed by atoms with Gasteiger partial charge in [-0.1, -0.05) is 18.2 Å². The van der Waals surface area contributed by atoms with Crippen molar-refractivity contribution < 1.29 is 4.79 Å². The van der Waals surface area contributed by atoms with Gasteiger partial charge in [0.1, 0.15) is 12.2 Å². The number of benzene rings is 1. The summed E-state index contributed by atoms with van der Waals surface area (Å²) in [5.41, 5.74) is 2.39. The summed E-state index contributed by atoms with van der Waals surface area (Å²) in [7, 11) is 0. The Bertz CT molecular complexity index is 903. The van der Waals surface area contributed by atoms with Crippen LogP contribution in [0.15, 0.2) is 53.6 Å². The Morgan fingerprint density at radius 2 is 2.04 bits per heavy atom. The van der Waals surface area contributed by atoms with E-state index in [1.54, 1.807) is 25.4 Å². The largest absolute Gasteiger partial charge is 0.350 e. The quantitative estimate of drug-likeness (QED) is 0.790. The van der Waals surface area contributed by atoms with Crippen LogP contribution in [0, 0.1) is 6.92 Å². The normalized spacial score (nSPS) is 10.7. The van der Waals surface area contributed by atoms with Gasteiger partial charge >= 0.3 is 0 Å². The molecule has 116 valence electrons. The Labute approximate surface area is 132 Å². The Balaban J connectivity index is 1.82. The number of nitrogens with one attached hydrogen (secondary N) is 1. The highest BCUT2D eigenvalue weighted by molar-refractivity contribution is 5.80. The van der Waals surface area contributed by atoms with Crippen LogP contribution in [-0.2, 0) is 17.9 Å². The van der Waals surface area contributed by atoms with Crippen molar-refractivity contribution in [3.8, 4) is 0 Å². The number of nitrogens with zero attached hydrogens (tertiary/aromatic N) is 3. The van der Waals surface area contributed by atoms with E-state index in [2.05, 4.69) is 15.3 Å². The molecule has 0 fully saturated rings. The first kappa shape index (κ1) is 14.9. The molecule has 0 aliphatic heterocycles.